The Kier molecular flexibility index (Phi) is 6.49. The molecule has 0 amide bonds. The van der Waals surface area contributed by atoms with E-state index in [0.29, 0.717) is 4.90 Å². The second kappa shape index (κ2) is 8.75. The third kappa shape index (κ3) is 4.66. The first kappa shape index (κ1) is 22.3. The van der Waals surface area contributed by atoms with Crippen LogP contribution in [0.25, 0.3) is 0 Å². The molecule has 0 aliphatic rings. The van der Waals surface area contributed by atoms with Gasteiger partial charge in [0.05, 0.1) is 4.90 Å². The van der Waals surface area contributed by atoms with Crippen molar-refractivity contribution in [2.24, 2.45) is 0 Å². The molecule has 3 rings (SSSR count). The molecule has 0 saturated heterocycles. The third-order valence-electron chi connectivity index (χ3n) is 6.27. The summed E-state index contributed by atoms with van der Waals surface area (Å²) in [5, 5.41) is 0. The lowest BCUT2D eigenvalue weighted by Crippen LogP contribution is -2.39. The van der Waals surface area contributed by atoms with Crippen LogP contribution in [0.3, 0.4) is 0 Å². The molecule has 1 N–H and O–H groups in total. The molecule has 3 aromatic carbocycles. The van der Waals surface area contributed by atoms with Crippen LogP contribution in [0.5, 0.6) is 0 Å². The van der Waals surface area contributed by atoms with Gasteiger partial charge in [-0.3, -0.25) is 0 Å². The fourth-order valence-corrected chi connectivity index (χ4v) is 4.73. The van der Waals surface area contributed by atoms with Crippen molar-refractivity contribution in [2.45, 2.75) is 49.8 Å². The van der Waals surface area contributed by atoms with Gasteiger partial charge in [0.2, 0.25) is 10.0 Å². The van der Waals surface area contributed by atoms with E-state index in [9.17, 15) is 8.42 Å². The van der Waals surface area contributed by atoms with Gasteiger partial charge in [0.1, 0.15) is 0 Å². The van der Waals surface area contributed by atoms with Crippen molar-refractivity contribution in [3.05, 3.63) is 102 Å². The molecule has 0 atom stereocenters. The van der Waals surface area contributed by atoms with Gasteiger partial charge in [0.15, 0.2) is 0 Å². The average Bonchev–Trinajstić information content (AvgIpc) is 2.79. The van der Waals surface area contributed by atoms with Crippen LogP contribution in [0.4, 0.5) is 0 Å². The van der Waals surface area contributed by atoms with E-state index in [4.69, 9.17) is 0 Å². The van der Waals surface area contributed by atoms with Gasteiger partial charge in [-0.25, -0.2) is 13.1 Å². The van der Waals surface area contributed by atoms with Crippen molar-refractivity contribution < 1.29 is 8.42 Å². The third-order valence-corrected chi connectivity index (χ3v) is 7.68. The van der Waals surface area contributed by atoms with E-state index in [0.717, 1.165) is 23.1 Å². The first-order chi connectivity index (χ1) is 14.2. The fourth-order valence-electron chi connectivity index (χ4n) is 3.59. The molecule has 3 nitrogen and oxygen atoms in total. The molecule has 0 bridgehead atoms. The van der Waals surface area contributed by atoms with E-state index >= 15 is 0 Å². The van der Waals surface area contributed by atoms with Gasteiger partial charge in [0, 0.05) is 12.0 Å². The number of rotatable bonds is 8. The molecular formula is C26H31NO2S. The highest BCUT2D eigenvalue weighted by atomic mass is 32.2. The molecule has 0 aliphatic heterocycles. The van der Waals surface area contributed by atoms with Crippen molar-refractivity contribution in [1.29, 1.82) is 0 Å². The normalized spacial score (nSPS) is 12.7. The van der Waals surface area contributed by atoms with Crippen LogP contribution in [0, 0.1) is 0 Å². The van der Waals surface area contributed by atoms with Gasteiger partial charge < -0.3 is 0 Å². The van der Waals surface area contributed by atoms with Gasteiger partial charge in [-0.05, 0) is 40.7 Å². The van der Waals surface area contributed by atoms with Crippen molar-refractivity contribution in [2.75, 3.05) is 6.54 Å². The SMILES string of the molecule is CCC(C)(C)c1ccc(S(=O)(=O)NCC(C)(c2ccccc2)c2ccccc2)cc1. The summed E-state index contributed by atoms with van der Waals surface area (Å²) in [6, 6.07) is 27.3. The number of hydrogen-bond donors (Lipinski definition) is 1. The Morgan fingerprint density at radius 3 is 1.60 bits per heavy atom. The van der Waals surface area contributed by atoms with Gasteiger partial charge in [0.25, 0.3) is 0 Å². The molecule has 0 saturated carbocycles. The van der Waals surface area contributed by atoms with Crippen LogP contribution in [-0.2, 0) is 20.9 Å². The van der Waals surface area contributed by atoms with Crippen LogP contribution >= 0.6 is 0 Å². The van der Waals surface area contributed by atoms with Gasteiger partial charge in [-0.15, -0.1) is 0 Å². The predicted octanol–water partition coefficient (Wildman–Crippen LogP) is 5.66. The maximum Gasteiger partial charge on any atom is 0.240 e. The number of sulfonamides is 1. The lowest BCUT2D eigenvalue weighted by molar-refractivity contribution is 0.505. The molecule has 0 unspecified atom stereocenters. The quantitative estimate of drug-likeness (QED) is 0.510. The Labute approximate surface area is 181 Å². The predicted molar refractivity (Wildman–Crippen MR) is 124 cm³/mol. The van der Waals surface area contributed by atoms with E-state index in [1.807, 2.05) is 72.8 Å². The minimum Gasteiger partial charge on any atom is -0.210 e. The average molecular weight is 422 g/mol. The van der Waals surface area contributed by atoms with E-state index < -0.39 is 15.4 Å². The molecule has 0 spiro atoms. The second-order valence-electron chi connectivity index (χ2n) is 8.65. The van der Waals surface area contributed by atoms with Crippen LogP contribution in [-0.4, -0.2) is 15.0 Å². The standard InChI is InChI=1S/C26H31NO2S/c1-5-25(2,3)21-16-18-24(19-17-21)30(28,29)27-20-26(4,22-12-8-6-9-13-22)23-14-10-7-11-15-23/h6-19,27H,5,20H2,1-4H3. The van der Waals surface area contributed by atoms with Crippen LogP contribution in [0.1, 0.15) is 50.8 Å². The Balaban J connectivity index is 1.88. The van der Waals surface area contributed by atoms with Gasteiger partial charge >= 0.3 is 0 Å². The maximum atomic E-state index is 13.1. The highest BCUT2D eigenvalue weighted by molar-refractivity contribution is 7.89. The molecule has 3 aromatic rings. The van der Waals surface area contributed by atoms with Crippen molar-refractivity contribution in [1.82, 2.24) is 4.72 Å². The second-order valence-corrected chi connectivity index (χ2v) is 10.4. The lowest BCUT2D eigenvalue weighted by Gasteiger charge is -2.31. The first-order valence-electron chi connectivity index (χ1n) is 10.4. The summed E-state index contributed by atoms with van der Waals surface area (Å²) in [6.45, 7) is 8.82. The topological polar surface area (TPSA) is 46.2 Å². The van der Waals surface area contributed by atoms with Crippen LogP contribution in [0.15, 0.2) is 89.8 Å². The van der Waals surface area contributed by atoms with Crippen LogP contribution < -0.4 is 4.72 Å². The van der Waals surface area contributed by atoms with E-state index in [-0.39, 0.29) is 12.0 Å². The maximum absolute atomic E-state index is 13.1. The lowest BCUT2D eigenvalue weighted by atomic mass is 9.76. The molecule has 0 fully saturated rings. The summed E-state index contributed by atoms with van der Waals surface area (Å²) in [4.78, 5) is 0.293. The Morgan fingerprint density at radius 2 is 1.17 bits per heavy atom. The van der Waals surface area contributed by atoms with E-state index in [2.05, 4.69) is 32.4 Å². The minimum atomic E-state index is -3.63. The number of nitrogens with one attached hydrogen (secondary N) is 1. The smallest absolute Gasteiger partial charge is 0.210 e. The van der Waals surface area contributed by atoms with Crippen LogP contribution in [0.2, 0.25) is 0 Å². The monoisotopic (exact) mass is 421 g/mol. The number of benzene rings is 3. The highest BCUT2D eigenvalue weighted by Gasteiger charge is 2.31. The fraction of sp³-hybridized carbons (Fsp3) is 0.308. The first-order valence-corrected chi connectivity index (χ1v) is 11.9. The Hall–Kier alpha value is -2.43. The van der Waals surface area contributed by atoms with Crippen molar-refractivity contribution in [3.8, 4) is 0 Å². The van der Waals surface area contributed by atoms with Crippen molar-refractivity contribution >= 4 is 10.0 Å². The number of hydrogen-bond acceptors (Lipinski definition) is 2. The largest absolute Gasteiger partial charge is 0.240 e. The zero-order chi connectivity index (χ0) is 21.8. The van der Waals surface area contributed by atoms with Gasteiger partial charge in [-0.2, -0.15) is 0 Å². The zero-order valence-corrected chi connectivity index (χ0v) is 19.0. The molecule has 0 aliphatic carbocycles. The van der Waals surface area contributed by atoms with E-state index in [1.54, 1.807) is 12.1 Å². The summed E-state index contributed by atoms with van der Waals surface area (Å²) in [6.07, 6.45) is 0.990. The van der Waals surface area contributed by atoms with Gasteiger partial charge in [-0.1, -0.05) is 100 Å². The molecule has 0 heterocycles. The summed E-state index contributed by atoms with van der Waals surface area (Å²) in [7, 11) is -3.63. The summed E-state index contributed by atoms with van der Waals surface area (Å²) >= 11 is 0. The summed E-state index contributed by atoms with van der Waals surface area (Å²) in [5.74, 6) is 0. The molecule has 30 heavy (non-hydrogen) atoms. The zero-order valence-electron chi connectivity index (χ0n) is 18.2. The highest BCUT2D eigenvalue weighted by Crippen LogP contribution is 2.32. The minimum absolute atomic E-state index is 0.0227. The summed E-state index contributed by atoms with van der Waals surface area (Å²) < 4.78 is 29.0. The molecule has 4 heteroatoms. The Bertz CT molecular complexity index is 1020. The molecule has 0 radical (unpaired) electrons. The molecule has 0 aromatic heterocycles. The Morgan fingerprint density at radius 1 is 0.700 bits per heavy atom. The summed E-state index contributed by atoms with van der Waals surface area (Å²) in [5.41, 5.74) is 2.81. The van der Waals surface area contributed by atoms with E-state index in [1.165, 1.54) is 0 Å². The molecule has 158 valence electrons. The molecular weight excluding hydrogens is 390 g/mol. The van der Waals surface area contributed by atoms with Crippen molar-refractivity contribution in [3.63, 3.8) is 0 Å².